The number of hydrogen-bond donors (Lipinski definition) is 1. The standard InChI is InChI=1S/C23H28Cl2N2O4S/c1-3-27(4-2)32(29,30)21-15-17(5-10-20(21)25)22(28)26-16-23(11-13-31-14-12-23)18-6-8-19(24)9-7-18/h5-10,15H,3-4,11-14,16H2,1-2H3,(H,26,28). The molecular weight excluding hydrogens is 471 g/mol. The number of carbonyl (C=O) groups is 1. The Morgan fingerprint density at radius 2 is 1.69 bits per heavy atom. The first-order chi connectivity index (χ1) is 15.2. The van der Waals surface area contributed by atoms with Crippen molar-refractivity contribution in [2.75, 3.05) is 32.8 Å². The van der Waals surface area contributed by atoms with Gasteiger partial charge in [-0.15, -0.1) is 0 Å². The first-order valence-corrected chi connectivity index (χ1v) is 12.8. The minimum absolute atomic E-state index is 0.0611. The van der Waals surface area contributed by atoms with Gasteiger partial charge in [0.1, 0.15) is 4.90 Å². The molecule has 174 valence electrons. The van der Waals surface area contributed by atoms with Crippen LogP contribution in [0.4, 0.5) is 0 Å². The zero-order chi connectivity index (χ0) is 23.4. The van der Waals surface area contributed by atoms with Crippen molar-refractivity contribution >= 4 is 39.1 Å². The topological polar surface area (TPSA) is 75.7 Å². The summed E-state index contributed by atoms with van der Waals surface area (Å²) < 4.78 is 32.7. The highest BCUT2D eigenvalue weighted by Crippen LogP contribution is 2.35. The highest BCUT2D eigenvalue weighted by Gasteiger charge is 2.35. The third kappa shape index (κ3) is 5.29. The molecule has 6 nitrogen and oxygen atoms in total. The van der Waals surface area contributed by atoms with Crippen molar-refractivity contribution in [3.05, 3.63) is 63.6 Å². The molecule has 0 aliphatic carbocycles. The normalized spacial score (nSPS) is 16.2. The number of amides is 1. The summed E-state index contributed by atoms with van der Waals surface area (Å²) in [5, 5.41) is 3.75. The second kappa shape index (κ2) is 10.5. The van der Waals surface area contributed by atoms with E-state index in [1.807, 2.05) is 24.3 Å². The number of halogens is 2. The van der Waals surface area contributed by atoms with Crippen molar-refractivity contribution in [1.29, 1.82) is 0 Å². The third-order valence-electron chi connectivity index (χ3n) is 6.01. The maximum atomic E-state index is 13.0. The van der Waals surface area contributed by atoms with Gasteiger partial charge in [0.05, 0.1) is 5.02 Å². The summed E-state index contributed by atoms with van der Waals surface area (Å²) in [5.74, 6) is -0.350. The van der Waals surface area contributed by atoms with E-state index in [0.717, 1.165) is 18.4 Å². The van der Waals surface area contributed by atoms with Crippen LogP contribution >= 0.6 is 23.2 Å². The Bertz CT molecular complexity index is 1050. The van der Waals surface area contributed by atoms with Gasteiger partial charge < -0.3 is 10.1 Å². The number of nitrogens with zero attached hydrogens (tertiary/aromatic N) is 1. The van der Waals surface area contributed by atoms with Crippen LogP contribution in [-0.2, 0) is 20.2 Å². The van der Waals surface area contributed by atoms with Crippen LogP contribution in [0, 0.1) is 0 Å². The molecule has 1 saturated heterocycles. The molecule has 1 heterocycles. The average molecular weight is 499 g/mol. The molecule has 2 aromatic carbocycles. The number of carbonyl (C=O) groups excluding carboxylic acids is 1. The van der Waals surface area contributed by atoms with E-state index < -0.39 is 10.0 Å². The van der Waals surface area contributed by atoms with Crippen LogP contribution in [-0.4, -0.2) is 51.5 Å². The van der Waals surface area contributed by atoms with Crippen molar-refractivity contribution in [3.63, 3.8) is 0 Å². The van der Waals surface area contributed by atoms with E-state index in [-0.39, 0.29) is 26.8 Å². The number of rotatable bonds is 8. The van der Waals surface area contributed by atoms with E-state index >= 15 is 0 Å². The lowest BCUT2D eigenvalue weighted by atomic mass is 9.74. The Morgan fingerprint density at radius 1 is 1.06 bits per heavy atom. The largest absolute Gasteiger partial charge is 0.381 e. The van der Waals surface area contributed by atoms with E-state index in [1.165, 1.54) is 22.5 Å². The number of sulfonamides is 1. The molecule has 0 aromatic heterocycles. The first kappa shape index (κ1) is 25.0. The minimum Gasteiger partial charge on any atom is -0.381 e. The fraction of sp³-hybridized carbons (Fsp3) is 0.435. The molecule has 32 heavy (non-hydrogen) atoms. The molecule has 1 fully saturated rings. The van der Waals surface area contributed by atoms with E-state index in [4.69, 9.17) is 27.9 Å². The zero-order valence-electron chi connectivity index (χ0n) is 18.2. The number of ether oxygens (including phenoxy) is 1. The van der Waals surface area contributed by atoms with Crippen molar-refractivity contribution in [3.8, 4) is 0 Å². The van der Waals surface area contributed by atoms with Gasteiger partial charge in [-0.25, -0.2) is 8.42 Å². The Labute approximate surface area is 199 Å². The van der Waals surface area contributed by atoms with Crippen LogP contribution in [0.5, 0.6) is 0 Å². The van der Waals surface area contributed by atoms with Gasteiger partial charge in [0, 0.05) is 48.8 Å². The highest BCUT2D eigenvalue weighted by atomic mass is 35.5. The van der Waals surface area contributed by atoms with Crippen LogP contribution < -0.4 is 5.32 Å². The van der Waals surface area contributed by atoms with Gasteiger partial charge in [-0.2, -0.15) is 4.31 Å². The summed E-state index contributed by atoms with van der Waals surface area (Å²) in [6.07, 6.45) is 1.52. The SMILES string of the molecule is CCN(CC)S(=O)(=O)c1cc(C(=O)NCC2(c3ccc(Cl)cc3)CCOCC2)ccc1Cl. The molecule has 0 unspecified atom stereocenters. The Balaban J connectivity index is 1.84. The molecule has 0 saturated carbocycles. The second-order valence-corrected chi connectivity index (χ2v) is 10.6. The maximum Gasteiger partial charge on any atom is 0.251 e. The van der Waals surface area contributed by atoms with Crippen molar-refractivity contribution < 1.29 is 17.9 Å². The highest BCUT2D eigenvalue weighted by molar-refractivity contribution is 7.89. The third-order valence-corrected chi connectivity index (χ3v) is 8.79. The van der Waals surface area contributed by atoms with E-state index in [9.17, 15) is 13.2 Å². The number of hydrogen-bond acceptors (Lipinski definition) is 4. The number of benzene rings is 2. The molecule has 0 bridgehead atoms. The van der Waals surface area contributed by atoms with Crippen LogP contribution in [0.25, 0.3) is 0 Å². The lowest BCUT2D eigenvalue weighted by Gasteiger charge is -2.38. The van der Waals surface area contributed by atoms with Gasteiger partial charge in [0.15, 0.2) is 0 Å². The van der Waals surface area contributed by atoms with E-state index in [1.54, 1.807) is 13.8 Å². The summed E-state index contributed by atoms with van der Waals surface area (Å²) in [6, 6.07) is 12.0. The quantitative estimate of drug-likeness (QED) is 0.581. The summed E-state index contributed by atoms with van der Waals surface area (Å²) in [6.45, 7) is 5.76. The summed E-state index contributed by atoms with van der Waals surface area (Å²) in [5.41, 5.74) is 1.06. The fourth-order valence-corrected chi connectivity index (χ4v) is 6.11. The van der Waals surface area contributed by atoms with E-state index in [0.29, 0.717) is 37.9 Å². The van der Waals surface area contributed by atoms with Gasteiger partial charge in [-0.05, 0) is 48.7 Å². The molecule has 2 aromatic rings. The maximum absolute atomic E-state index is 13.0. The second-order valence-electron chi connectivity index (χ2n) is 7.82. The van der Waals surface area contributed by atoms with Crippen molar-refractivity contribution in [1.82, 2.24) is 9.62 Å². The Hall–Kier alpha value is -1.64. The predicted molar refractivity (Wildman–Crippen MR) is 127 cm³/mol. The molecular formula is C23H28Cl2N2O4S. The average Bonchev–Trinajstić information content (AvgIpc) is 2.79. The molecule has 0 spiro atoms. The first-order valence-electron chi connectivity index (χ1n) is 10.6. The van der Waals surface area contributed by atoms with Crippen molar-refractivity contribution in [2.24, 2.45) is 0 Å². The van der Waals surface area contributed by atoms with Crippen LogP contribution in [0.3, 0.4) is 0 Å². The molecule has 3 rings (SSSR count). The van der Waals surface area contributed by atoms with Gasteiger partial charge in [-0.3, -0.25) is 4.79 Å². The van der Waals surface area contributed by atoms with Crippen LogP contribution in [0.1, 0.15) is 42.6 Å². The van der Waals surface area contributed by atoms with Gasteiger partial charge in [-0.1, -0.05) is 49.2 Å². The lowest BCUT2D eigenvalue weighted by molar-refractivity contribution is 0.0487. The Kier molecular flexibility index (Phi) is 8.22. The van der Waals surface area contributed by atoms with Gasteiger partial charge >= 0.3 is 0 Å². The molecule has 1 aliphatic rings. The van der Waals surface area contributed by atoms with Crippen LogP contribution in [0.2, 0.25) is 10.0 Å². The van der Waals surface area contributed by atoms with Gasteiger partial charge in [0.25, 0.3) is 5.91 Å². The molecule has 1 N–H and O–H groups in total. The minimum atomic E-state index is -3.79. The van der Waals surface area contributed by atoms with Gasteiger partial charge in [0.2, 0.25) is 10.0 Å². The summed E-state index contributed by atoms with van der Waals surface area (Å²) in [7, 11) is -3.79. The molecule has 0 atom stereocenters. The molecule has 9 heteroatoms. The molecule has 1 amide bonds. The zero-order valence-corrected chi connectivity index (χ0v) is 20.6. The fourth-order valence-electron chi connectivity index (χ4n) is 4.03. The summed E-state index contributed by atoms with van der Waals surface area (Å²) >= 11 is 12.2. The smallest absolute Gasteiger partial charge is 0.251 e. The lowest BCUT2D eigenvalue weighted by Crippen LogP contribution is -2.44. The predicted octanol–water partition coefficient (Wildman–Crippen LogP) is 4.50. The molecule has 0 radical (unpaired) electrons. The molecule has 1 aliphatic heterocycles. The van der Waals surface area contributed by atoms with E-state index in [2.05, 4.69) is 5.32 Å². The Morgan fingerprint density at radius 3 is 2.28 bits per heavy atom. The van der Waals surface area contributed by atoms with Crippen LogP contribution in [0.15, 0.2) is 47.4 Å². The monoisotopic (exact) mass is 498 g/mol. The summed E-state index contributed by atoms with van der Waals surface area (Å²) in [4.78, 5) is 12.9. The number of nitrogens with one attached hydrogen (secondary N) is 1. The van der Waals surface area contributed by atoms with Crippen molar-refractivity contribution in [2.45, 2.75) is 37.0 Å².